The van der Waals surface area contributed by atoms with E-state index in [1.807, 2.05) is 4.90 Å². The van der Waals surface area contributed by atoms with Gasteiger partial charge in [0.25, 0.3) is 0 Å². The number of hydrogen-bond donors (Lipinski definition) is 2. The van der Waals surface area contributed by atoms with E-state index in [-0.39, 0.29) is 17.2 Å². The van der Waals surface area contributed by atoms with Crippen LogP contribution in [0.4, 0.5) is 0 Å². The van der Waals surface area contributed by atoms with E-state index in [0.29, 0.717) is 37.8 Å². The first kappa shape index (κ1) is 18.7. The quantitative estimate of drug-likeness (QED) is 0.327. The molecule has 0 fully saturated rings. The summed E-state index contributed by atoms with van der Waals surface area (Å²) < 4.78 is 0. The Morgan fingerprint density at radius 2 is 1.85 bits per heavy atom. The first-order valence-electron chi connectivity index (χ1n) is 7.32. The zero-order valence-electron chi connectivity index (χ0n) is 13.8. The number of nitrogens with two attached hydrogens (primary N) is 1. The summed E-state index contributed by atoms with van der Waals surface area (Å²) >= 11 is 0. The molecule has 1 atom stereocenters. The third-order valence-corrected chi connectivity index (χ3v) is 3.66. The highest BCUT2D eigenvalue weighted by Crippen LogP contribution is 2.28. The van der Waals surface area contributed by atoms with Gasteiger partial charge in [0.2, 0.25) is 5.91 Å². The summed E-state index contributed by atoms with van der Waals surface area (Å²) in [5.41, 5.74) is 5.60. The summed E-state index contributed by atoms with van der Waals surface area (Å²) in [4.78, 5) is 14.2. The Bertz CT molecular complexity index is 333. The highest BCUT2D eigenvalue weighted by atomic mass is 16.4. The van der Waals surface area contributed by atoms with E-state index in [0.717, 1.165) is 0 Å². The Kier molecular flexibility index (Phi) is 7.61. The highest BCUT2D eigenvalue weighted by Gasteiger charge is 2.25. The van der Waals surface area contributed by atoms with Crippen LogP contribution in [0.1, 0.15) is 54.4 Å². The molecule has 20 heavy (non-hydrogen) atoms. The molecular formula is C15H31N3O2. The van der Waals surface area contributed by atoms with Crippen LogP contribution in [0.2, 0.25) is 0 Å². The topological polar surface area (TPSA) is 78.9 Å². The molecule has 0 aromatic rings. The van der Waals surface area contributed by atoms with Crippen molar-refractivity contribution >= 4 is 11.7 Å². The van der Waals surface area contributed by atoms with Crippen LogP contribution in [0.3, 0.4) is 0 Å². The maximum absolute atomic E-state index is 12.4. The van der Waals surface area contributed by atoms with Gasteiger partial charge in [-0.1, -0.05) is 46.7 Å². The van der Waals surface area contributed by atoms with Crippen LogP contribution in [-0.4, -0.2) is 34.9 Å². The average molecular weight is 285 g/mol. The maximum atomic E-state index is 12.4. The molecule has 0 aromatic heterocycles. The van der Waals surface area contributed by atoms with E-state index in [9.17, 15) is 4.79 Å². The van der Waals surface area contributed by atoms with Gasteiger partial charge in [-0.15, -0.1) is 0 Å². The third kappa shape index (κ3) is 7.36. The van der Waals surface area contributed by atoms with Crippen molar-refractivity contribution in [1.29, 1.82) is 0 Å². The van der Waals surface area contributed by atoms with Crippen molar-refractivity contribution in [3.63, 3.8) is 0 Å². The summed E-state index contributed by atoms with van der Waals surface area (Å²) in [5.74, 6) is 1.02. The highest BCUT2D eigenvalue weighted by molar-refractivity contribution is 5.81. The number of nitrogens with zero attached hydrogens (tertiary/aromatic N) is 2. The van der Waals surface area contributed by atoms with Crippen molar-refractivity contribution in [2.24, 2.45) is 28.1 Å². The summed E-state index contributed by atoms with van der Waals surface area (Å²) in [7, 11) is 0. The van der Waals surface area contributed by atoms with Crippen molar-refractivity contribution in [1.82, 2.24) is 4.90 Å². The molecule has 0 saturated carbocycles. The summed E-state index contributed by atoms with van der Waals surface area (Å²) in [6.45, 7) is 13.9. The van der Waals surface area contributed by atoms with Crippen molar-refractivity contribution < 1.29 is 10.0 Å². The fraction of sp³-hybridized carbons (Fsp3) is 0.867. The number of rotatable bonds is 7. The van der Waals surface area contributed by atoms with Gasteiger partial charge in [0.15, 0.2) is 0 Å². The lowest BCUT2D eigenvalue weighted by Gasteiger charge is -2.30. The van der Waals surface area contributed by atoms with Crippen LogP contribution in [-0.2, 0) is 4.79 Å². The SMILES string of the molecule is CC(C)CN(CCC(N)=NO)C(=O)CC(C)C(C)(C)C. The van der Waals surface area contributed by atoms with Crippen LogP contribution in [0.15, 0.2) is 5.16 Å². The minimum Gasteiger partial charge on any atom is -0.409 e. The fourth-order valence-electron chi connectivity index (χ4n) is 1.76. The number of amidine groups is 1. The van der Waals surface area contributed by atoms with Crippen LogP contribution in [0.25, 0.3) is 0 Å². The van der Waals surface area contributed by atoms with Gasteiger partial charge in [-0.05, 0) is 17.3 Å². The summed E-state index contributed by atoms with van der Waals surface area (Å²) in [6, 6.07) is 0. The van der Waals surface area contributed by atoms with Gasteiger partial charge in [-0.3, -0.25) is 4.79 Å². The normalized spacial score (nSPS) is 14.4. The minimum atomic E-state index is 0.116. The number of carbonyl (C=O) groups is 1. The average Bonchev–Trinajstić information content (AvgIpc) is 2.31. The predicted molar refractivity (Wildman–Crippen MR) is 82.7 cm³/mol. The van der Waals surface area contributed by atoms with Crippen molar-refractivity contribution in [2.75, 3.05) is 13.1 Å². The Hall–Kier alpha value is -1.26. The molecule has 0 aliphatic carbocycles. The largest absolute Gasteiger partial charge is 0.409 e. The van der Waals surface area contributed by atoms with Gasteiger partial charge in [-0.2, -0.15) is 0 Å². The van der Waals surface area contributed by atoms with E-state index >= 15 is 0 Å². The van der Waals surface area contributed by atoms with Crippen molar-refractivity contribution in [3.05, 3.63) is 0 Å². The molecule has 5 heteroatoms. The summed E-state index contributed by atoms with van der Waals surface area (Å²) in [6.07, 6.45) is 0.936. The fourth-order valence-corrected chi connectivity index (χ4v) is 1.76. The monoisotopic (exact) mass is 285 g/mol. The molecule has 0 spiro atoms. The number of hydrogen-bond acceptors (Lipinski definition) is 3. The molecule has 0 bridgehead atoms. The second-order valence-electron chi connectivity index (χ2n) is 7.05. The standard InChI is InChI=1S/C15H31N3O2/c1-11(2)10-18(8-7-13(16)17-20)14(19)9-12(3)15(4,5)6/h11-12,20H,7-10H2,1-6H3,(H2,16,17). The summed E-state index contributed by atoms with van der Waals surface area (Å²) in [5, 5.41) is 11.5. The van der Waals surface area contributed by atoms with Crippen LogP contribution < -0.4 is 5.73 Å². The molecule has 3 N–H and O–H groups in total. The molecule has 1 unspecified atom stereocenters. The molecule has 5 nitrogen and oxygen atoms in total. The predicted octanol–water partition coefficient (Wildman–Crippen LogP) is 2.68. The first-order chi connectivity index (χ1) is 9.07. The van der Waals surface area contributed by atoms with Gasteiger partial charge in [-0.25, -0.2) is 0 Å². The number of carbonyl (C=O) groups excluding carboxylic acids is 1. The smallest absolute Gasteiger partial charge is 0.222 e. The Balaban J connectivity index is 4.64. The Morgan fingerprint density at radius 1 is 1.30 bits per heavy atom. The lowest BCUT2D eigenvalue weighted by Crippen LogP contribution is -2.38. The molecule has 0 heterocycles. The molecular weight excluding hydrogens is 254 g/mol. The Morgan fingerprint density at radius 3 is 2.25 bits per heavy atom. The third-order valence-electron chi connectivity index (χ3n) is 3.66. The lowest BCUT2D eigenvalue weighted by atomic mass is 9.80. The molecule has 118 valence electrons. The zero-order valence-corrected chi connectivity index (χ0v) is 13.8. The number of oxime groups is 1. The number of amides is 1. The van der Waals surface area contributed by atoms with Gasteiger partial charge < -0.3 is 15.8 Å². The lowest BCUT2D eigenvalue weighted by molar-refractivity contribution is -0.133. The van der Waals surface area contributed by atoms with E-state index in [4.69, 9.17) is 10.9 Å². The zero-order chi connectivity index (χ0) is 15.9. The van der Waals surface area contributed by atoms with Crippen molar-refractivity contribution in [2.45, 2.75) is 54.4 Å². The van der Waals surface area contributed by atoms with E-state index in [2.05, 4.69) is 46.7 Å². The maximum Gasteiger partial charge on any atom is 0.222 e. The molecule has 0 aliphatic heterocycles. The van der Waals surface area contributed by atoms with Gasteiger partial charge in [0.05, 0.1) is 0 Å². The van der Waals surface area contributed by atoms with Crippen LogP contribution >= 0.6 is 0 Å². The van der Waals surface area contributed by atoms with Gasteiger partial charge in [0.1, 0.15) is 5.84 Å². The van der Waals surface area contributed by atoms with E-state index in [1.54, 1.807) is 0 Å². The second kappa shape index (κ2) is 8.12. The van der Waals surface area contributed by atoms with Crippen molar-refractivity contribution in [3.8, 4) is 0 Å². The molecule has 0 rings (SSSR count). The van der Waals surface area contributed by atoms with Gasteiger partial charge in [0, 0.05) is 25.9 Å². The molecule has 0 aromatic carbocycles. The first-order valence-corrected chi connectivity index (χ1v) is 7.32. The molecule has 1 amide bonds. The second-order valence-corrected chi connectivity index (χ2v) is 7.05. The van der Waals surface area contributed by atoms with Crippen LogP contribution in [0.5, 0.6) is 0 Å². The van der Waals surface area contributed by atoms with Gasteiger partial charge >= 0.3 is 0 Å². The molecule has 0 aliphatic rings. The molecule has 0 radical (unpaired) electrons. The Labute approximate surface area is 123 Å². The minimum absolute atomic E-state index is 0.116. The molecule has 0 saturated heterocycles. The van der Waals surface area contributed by atoms with E-state index in [1.165, 1.54) is 0 Å². The van der Waals surface area contributed by atoms with E-state index < -0.39 is 0 Å². The van der Waals surface area contributed by atoms with Crippen LogP contribution in [0, 0.1) is 17.3 Å².